The molecule has 0 bridgehead atoms. The lowest BCUT2D eigenvalue weighted by atomic mass is 9.84. The zero-order valence-electron chi connectivity index (χ0n) is 20.1. The summed E-state index contributed by atoms with van der Waals surface area (Å²) in [6, 6.07) is 4.32. The number of hydrogen-bond donors (Lipinski definition) is 1. The Labute approximate surface area is 198 Å². The normalized spacial score (nSPS) is 23.5. The molecule has 1 amide bonds. The molecule has 1 aliphatic carbocycles. The van der Waals surface area contributed by atoms with E-state index < -0.39 is 22.2 Å². The number of likely N-dealkylation sites (N-methyl/N-ethyl adjacent to an activating group) is 1. The summed E-state index contributed by atoms with van der Waals surface area (Å²) in [6.07, 6.45) is 4.23. The Morgan fingerprint density at radius 1 is 1.36 bits per heavy atom. The number of nitrogens with zero attached hydrogens (tertiary/aromatic N) is 2. The van der Waals surface area contributed by atoms with Crippen LogP contribution in [0.2, 0.25) is 0 Å². The summed E-state index contributed by atoms with van der Waals surface area (Å²) in [7, 11) is -2.10. The second-order valence-electron chi connectivity index (χ2n) is 9.30. The number of fused-ring (bicyclic) bond motifs is 1. The van der Waals surface area contributed by atoms with Gasteiger partial charge in [0.1, 0.15) is 16.7 Å². The Hall–Kier alpha value is -2.08. The molecule has 1 aromatic carbocycles. The van der Waals surface area contributed by atoms with Gasteiger partial charge in [-0.15, -0.1) is 0 Å². The molecule has 1 saturated carbocycles. The first-order chi connectivity index (χ1) is 15.7. The monoisotopic (exact) mass is 476 g/mol. The number of sulfonamides is 1. The fourth-order valence-electron chi connectivity index (χ4n) is 4.14. The lowest BCUT2D eigenvalue weighted by Gasteiger charge is -2.38. The van der Waals surface area contributed by atoms with Gasteiger partial charge in [0, 0.05) is 43.5 Å². The lowest BCUT2D eigenvalue weighted by molar-refractivity contribution is -0.138. The van der Waals surface area contributed by atoms with Crippen molar-refractivity contribution in [2.75, 3.05) is 26.7 Å². The van der Waals surface area contributed by atoms with Gasteiger partial charge in [-0.05, 0) is 44.4 Å². The number of benzene rings is 1. The van der Waals surface area contributed by atoms with Gasteiger partial charge in [-0.3, -0.25) is 4.79 Å². The largest absolute Gasteiger partial charge is 0.487 e. The molecule has 0 radical (unpaired) electrons. The SMILES string of the molecule is CCCC#Cc1ccc2c(c1)O[C@@H](CN(C)C(=O)C1CCC1)[C@H](C)CN([C@H](C)CO)S2(=O)=O. The second kappa shape index (κ2) is 10.9. The molecule has 0 unspecified atom stereocenters. The van der Waals surface area contributed by atoms with Crippen LogP contribution >= 0.6 is 0 Å². The van der Waals surface area contributed by atoms with Crippen molar-refractivity contribution < 1.29 is 23.1 Å². The van der Waals surface area contributed by atoms with Crippen molar-refractivity contribution in [3.8, 4) is 17.6 Å². The fourth-order valence-corrected chi connectivity index (χ4v) is 5.96. The Morgan fingerprint density at radius 3 is 2.70 bits per heavy atom. The molecule has 1 heterocycles. The van der Waals surface area contributed by atoms with E-state index in [1.807, 2.05) is 6.92 Å². The molecule has 0 saturated heterocycles. The molecule has 3 atom stereocenters. The van der Waals surface area contributed by atoms with Crippen LogP contribution in [0, 0.1) is 23.7 Å². The number of unbranched alkanes of at least 4 members (excludes halogenated alkanes) is 1. The van der Waals surface area contributed by atoms with Crippen LogP contribution in [0.5, 0.6) is 5.75 Å². The third-order valence-corrected chi connectivity index (χ3v) is 8.58. The summed E-state index contributed by atoms with van der Waals surface area (Å²) in [4.78, 5) is 14.5. The van der Waals surface area contributed by atoms with E-state index in [4.69, 9.17) is 4.74 Å². The minimum Gasteiger partial charge on any atom is -0.487 e. The predicted octanol–water partition coefficient (Wildman–Crippen LogP) is 2.87. The van der Waals surface area contributed by atoms with Crippen molar-refractivity contribution in [2.24, 2.45) is 11.8 Å². The Morgan fingerprint density at radius 2 is 2.09 bits per heavy atom. The molecule has 33 heavy (non-hydrogen) atoms. The lowest BCUT2D eigenvalue weighted by Crippen LogP contribution is -2.50. The molecular formula is C25H36N2O5S. The van der Waals surface area contributed by atoms with Gasteiger partial charge >= 0.3 is 0 Å². The van der Waals surface area contributed by atoms with Crippen LogP contribution in [0.4, 0.5) is 0 Å². The summed E-state index contributed by atoms with van der Waals surface area (Å²) >= 11 is 0. The molecule has 0 spiro atoms. The molecule has 182 valence electrons. The molecule has 1 aliphatic heterocycles. The maximum absolute atomic E-state index is 13.5. The number of carbonyl (C=O) groups excluding carboxylic acids is 1. The van der Waals surface area contributed by atoms with Crippen LogP contribution in [0.1, 0.15) is 58.4 Å². The van der Waals surface area contributed by atoms with Crippen molar-refractivity contribution >= 4 is 15.9 Å². The third kappa shape index (κ3) is 5.71. The van der Waals surface area contributed by atoms with Crippen molar-refractivity contribution in [2.45, 2.75) is 69.9 Å². The first-order valence-corrected chi connectivity index (χ1v) is 13.3. The summed E-state index contributed by atoms with van der Waals surface area (Å²) in [5.41, 5.74) is 0.685. The topological polar surface area (TPSA) is 87.2 Å². The Kier molecular flexibility index (Phi) is 8.43. The smallest absolute Gasteiger partial charge is 0.247 e. The molecule has 3 rings (SSSR count). The van der Waals surface area contributed by atoms with E-state index in [-0.39, 0.29) is 41.5 Å². The number of amides is 1. The minimum absolute atomic E-state index is 0.0636. The number of aliphatic hydroxyl groups excluding tert-OH is 1. The number of hydrogen-bond acceptors (Lipinski definition) is 5. The first-order valence-electron chi connectivity index (χ1n) is 11.9. The minimum atomic E-state index is -3.89. The van der Waals surface area contributed by atoms with E-state index in [1.54, 1.807) is 31.0 Å². The molecule has 0 aromatic heterocycles. The summed E-state index contributed by atoms with van der Waals surface area (Å²) in [5, 5.41) is 9.75. The highest BCUT2D eigenvalue weighted by atomic mass is 32.2. The first kappa shape index (κ1) is 25.5. The van der Waals surface area contributed by atoms with Gasteiger partial charge in [0.05, 0.1) is 13.2 Å². The maximum atomic E-state index is 13.5. The van der Waals surface area contributed by atoms with E-state index in [2.05, 4.69) is 18.8 Å². The van der Waals surface area contributed by atoms with Gasteiger partial charge in [-0.2, -0.15) is 4.31 Å². The zero-order valence-corrected chi connectivity index (χ0v) is 20.9. The van der Waals surface area contributed by atoms with E-state index in [0.717, 1.165) is 32.1 Å². The van der Waals surface area contributed by atoms with Crippen LogP contribution in [0.15, 0.2) is 23.1 Å². The maximum Gasteiger partial charge on any atom is 0.247 e. The van der Waals surface area contributed by atoms with Gasteiger partial charge in [0.25, 0.3) is 0 Å². The quantitative estimate of drug-likeness (QED) is 0.638. The Bertz CT molecular complexity index is 1010. The van der Waals surface area contributed by atoms with Gasteiger partial charge in [-0.1, -0.05) is 32.1 Å². The molecule has 8 heteroatoms. The molecular weight excluding hydrogens is 440 g/mol. The van der Waals surface area contributed by atoms with Gasteiger partial charge in [-0.25, -0.2) is 8.42 Å². The fraction of sp³-hybridized carbons (Fsp3) is 0.640. The summed E-state index contributed by atoms with van der Waals surface area (Å²) in [5.74, 6) is 6.40. The standard InChI is InChI=1S/C25H36N2O5S/c1-5-6-7-9-20-12-13-24-22(14-20)32-23(16-26(4)25(29)21-10-8-11-21)18(2)15-27(19(3)17-28)33(24,30)31/h12-14,18-19,21,23,28H,5-6,8,10-11,15-17H2,1-4H3/t18-,19-,23+/m1/s1. The highest BCUT2D eigenvalue weighted by Gasteiger charge is 2.39. The van der Waals surface area contributed by atoms with Crippen LogP contribution in [-0.2, 0) is 14.8 Å². The number of ether oxygens (including phenoxy) is 1. The van der Waals surface area contributed by atoms with Crippen molar-refractivity contribution in [3.63, 3.8) is 0 Å². The molecule has 1 aromatic rings. The second-order valence-corrected chi connectivity index (χ2v) is 11.2. The van der Waals surface area contributed by atoms with E-state index >= 15 is 0 Å². The van der Waals surface area contributed by atoms with Crippen LogP contribution in [0.3, 0.4) is 0 Å². The van der Waals surface area contributed by atoms with E-state index in [9.17, 15) is 18.3 Å². The van der Waals surface area contributed by atoms with Gasteiger partial charge in [0.2, 0.25) is 15.9 Å². The average molecular weight is 477 g/mol. The van der Waals surface area contributed by atoms with Crippen molar-refractivity contribution in [1.29, 1.82) is 0 Å². The molecule has 1 fully saturated rings. The van der Waals surface area contributed by atoms with Crippen molar-refractivity contribution in [3.05, 3.63) is 23.8 Å². The van der Waals surface area contributed by atoms with Crippen LogP contribution < -0.4 is 4.74 Å². The predicted molar refractivity (Wildman–Crippen MR) is 127 cm³/mol. The number of aliphatic hydroxyl groups is 1. The van der Waals surface area contributed by atoms with E-state index in [1.165, 1.54) is 10.4 Å². The molecule has 1 N–H and O–H groups in total. The summed E-state index contributed by atoms with van der Waals surface area (Å²) < 4.78 is 34.7. The third-order valence-electron chi connectivity index (χ3n) is 6.56. The van der Waals surface area contributed by atoms with Crippen molar-refractivity contribution in [1.82, 2.24) is 9.21 Å². The highest BCUT2D eigenvalue weighted by Crippen LogP contribution is 2.34. The molecule has 7 nitrogen and oxygen atoms in total. The number of carbonyl (C=O) groups is 1. The van der Waals surface area contributed by atoms with Gasteiger partial charge < -0.3 is 14.7 Å². The highest BCUT2D eigenvalue weighted by molar-refractivity contribution is 7.89. The summed E-state index contributed by atoms with van der Waals surface area (Å²) in [6.45, 7) is 5.94. The van der Waals surface area contributed by atoms with Gasteiger partial charge in [0.15, 0.2) is 0 Å². The number of rotatable bonds is 6. The van der Waals surface area contributed by atoms with E-state index in [0.29, 0.717) is 12.1 Å². The average Bonchev–Trinajstić information content (AvgIpc) is 2.74. The molecule has 2 aliphatic rings. The van der Waals surface area contributed by atoms with Crippen LogP contribution in [0.25, 0.3) is 0 Å². The van der Waals surface area contributed by atoms with Crippen LogP contribution in [-0.4, -0.2) is 67.5 Å². The Balaban J connectivity index is 1.99. The zero-order chi connectivity index (χ0) is 24.2.